The van der Waals surface area contributed by atoms with Gasteiger partial charge in [0.2, 0.25) is 0 Å². The highest BCUT2D eigenvalue weighted by Gasteiger charge is 2.17. The van der Waals surface area contributed by atoms with E-state index in [1.165, 1.54) is 30.9 Å². The normalized spacial score (nSPS) is 11.1. The Morgan fingerprint density at radius 1 is 0.800 bits per heavy atom. The fourth-order valence-corrected chi connectivity index (χ4v) is 4.08. The molecule has 0 aliphatic rings. The van der Waals surface area contributed by atoms with Crippen molar-refractivity contribution in [1.82, 2.24) is 0 Å². The predicted octanol–water partition coefficient (Wildman–Crippen LogP) is 7.93. The van der Waals surface area contributed by atoms with Gasteiger partial charge in [-0.15, -0.1) is 0 Å². The molecule has 3 heteroatoms. The summed E-state index contributed by atoms with van der Waals surface area (Å²) in [4.78, 5) is 0. The molecule has 4 aromatic rings. The number of nitriles is 1. The van der Waals surface area contributed by atoms with E-state index in [-0.39, 0.29) is 5.56 Å². The molecule has 0 unspecified atom stereocenters. The number of nitrogens with zero attached hydrogens (tertiary/aromatic N) is 1. The summed E-state index contributed by atoms with van der Waals surface area (Å²) in [7, 11) is 0. The molecule has 0 radical (unpaired) electrons. The standard InChI is InChI=1S/C27H23F2N/c1-2-3-4-5-6-18-9-13-22-21(15-18)12-14-23-24(22)16-25(28)26(27(23)29)20-10-7-19(17-30)8-11-20/h7-16H,2-6H2,1H3. The first-order valence-electron chi connectivity index (χ1n) is 10.5. The van der Waals surface area contributed by atoms with E-state index < -0.39 is 11.6 Å². The van der Waals surface area contributed by atoms with Crippen molar-refractivity contribution in [2.45, 2.75) is 39.0 Å². The van der Waals surface area contributed by atoms with Crippen LogP contribution in [0.5, 0.6) is 0 Å². The lowest BCUT2D eigenvalue weighted by Crippen LogP contribution is -1.94. The maximum atomic E-state index is 15.3. The summed E-state index contributed by atoms with van der Waals surface area (Å²) in [5, 5.41) is 11.8. The molecular weight excluding hydrogens is 376 g/mol. The molecule has 0 saturated carbocycles. The average Bonchev–Trinajstić information content (AvgIpc) is 2.77. The first-order valence-corrected chi connectivity index (χ1v) is 10.5. The van der Waals surface area contributed by atoms with Gasteiger partial charge in [0.05, 0.1) is 17.2 Å². The molecular formula is C27H23F2N. The second-order valence-corrected chi connectivity index (χ2v) is 7.76. The molecule has 0 aliphatic carbocycles. The third-order valence-electron chi connectivity index (χ3n) is 5.71. The zero-order valence-electron chi connectivity index (χ0n) is 17.0. The van der Waals surface area contributed by atoms with Crippen LogP contribution < -0.4 is 0 Å². The topological polar surface area (TPSA) is 23.8 Å². The van der Waals surface area contributed by atoms with E-state index in [0.29, 0.717) is 21.9 Å². The SMILES string of the molecule is CCCCCCc1ccc2c(ccc3c(F)c(-c4ccc(C#N)cc4)c(F)cc32)c1. The second kappa shape index (κ2) is 8.63. The summed E-state index contributed by atoms with van der Waals surface area (Å²) in [5.74, 6) is -1.17. The Balaban J connectivity index is 1.76. The highest BCUT2D eigenvalue weighted by atomic mass is 19.1. The van der Waals surface area contributed by atoms with Gasteiger partial charge >= 0.3 is 0 Å². The van der Waals surface area contributed by atoms with Gasteiger partial charge in [-0.3, -0.25) is 0 Å². The fraction of sp³-hybridized carbons (Fsp3) is 0.222. The van der Waals surface area contributed by atoms with E-state index in [1.807, 2.05) is 18.2 Å². The molecule has 0 spiro atoms. The van der Waals surface area contributed by atoms with E-state index in [0.717, 1.165) is 23.6 Å². The molecule has 0 N–H and O–H groups in total. The van der Waals surface area contributed by atoms with Gasteiger partial charge in [-0.1, -0.05) is 68.7 Å². The molecule has 0 saturated heterocycles. The van der Waals surface area contributed by atoms with Crippen LogP contribution in [0.3, 0.4) is 0 Å². The molecule has 0 aliphatic heterocycles. The van der Waals surface area contributed by atoms with Crippen LogP contribution in [-0.2, 0) is 6.42 Å². The first kappa shape index (κ1) is 20.0. The predicted molar refractivity (Wildman–Crippen MR) is 119 cm³/mol. The maximum absolute atomic E-state index is 15.3. The third-order valence-corrected chi connectivity index (χ3v) is 5.71. The first-order chi connectivity index (χ1) is 14.6. The minimum absolute atomic E-state index is 0.0566. The summed E-state index contributed by atoms with van der Waals surface area (Å²) in [6.07, 6.45) is 5.86. The van der Waals surface area contributed by atoms with Crippen LogP contribution in [0.1, 0.15) is 43.7 Å². The molecule has 0 bridgehead atoms. The number of benzene rings is 4. The molecule has 0 aromatic heterocycles. The Morgan fingerprint density at radius 3 is 2.30 bits per heavy atom. The maximum Gasteiger partial charge on any atom is 0.141 e. The smallest absolute Gasteiger partial charge is 0.141 e. The number of hydrogen-bond donors (Lipinski definition) is 0. The lowest BCUT2D eigenvalue weighted by Gasteiger charge is -2.12. The molecule has 0 atom stereocenters. The Morgan fingerprint density at radius 2 is 1.57 bits per heavy atom. The number of hydrogen-bond acceptors (Lipinski definition) is 1. The minimum atomic E-state index is -0.596. The van der Waals surface area contributed by atoms with Crippen LogP contribution in [0.4, 0.5) is 8.78 Å². The van der Waals surface area contributed by atoms with Crippen LogP contribution in [0.15, 0.2) is 60.7 Å². The third kappa shape index (κ3) is 3.78. The van der Waals surface area contributed by atoms with Gasteiger partial charge in [0.15, 0.2) is 0 Å². The second-order valence-electron chi connectivity index (χ2n) is 7.76. The van der Waals surface area contributed by atoms with Crippen molar-refractivity contribution < 1.29 is 8.78 Å². The summed E-state index contributed by atoms with van der Waals surface area (Å²) in [5.41, 5.74) is 2.08. The fourth-order valence-electron chi connectivity index (χ4n) is 4.08. The van der Waals surface area contributed by atoms with E-state index in [2.05, 4.69) is 19.1 Å². The van der Waals surface area contributed by atoms with Gasteiger partial charge in [0, 0.05) is 5.39 Å². The van der Waals surface area contributed by atoms with Gasteiger partial charge in [0.1, 0.15) is 11.6 Å². The van der Waals surface area contributed by atoms with Crippen LogP contribution in [0.2, 0.25) is 0 Å². The number of fused-ring (bicyclic) bond motifs is 3. The molecule has 0 heterocycles. The van der Waals surface area contributed by atoms with E-state index in [9.17, 15) is 4.39 Å². The molecule has 4 rings (SSSR count). The summed E-state index contributed by atoms with van der Waals surface area (Å²) in [6.45, 7) is 2.20. The minimum Gasteiger partial charge on any atom is -0.206 e. The van der Waals surface area contributed by atoms with Gasteiger partial charge in [-0.05, 0) is 58.3 Å². The zero-order valence-corrected chi connectivity index (χ0v) is 17.0. The van der Waals surface area contributed by atoms with Crippen LogP contribution in [-0.4, -0.2) is 0 Å². The van der Waals surface area contributed by atoms with Crippen molar-refractivity contribution in [3.8, 4) is 17.2 Å². The quantitative estimate of drug-likeness (QED) is 0.238. The Hall–Kier alpha value is -3.25. The molecule has 4 aromatic carbocycles. The monoisotopic (exact) mass is 399 g/mol. The summed E-state index contributed by atoms with van der Waals surface area (Å²) in [6, 6.07) is 19.6. The largest absolute Gasteiger partial charge is 0.206 e. The summed E-state index contributed by atoms with van der Waals surface area (Å²) >= 11 is 0. The average molecular weight is 399 g/mol. The number of unbranched alkanes of at least 4 members (excludes halogenated alkanes) is 3. The molecule has 1 nitrogen and oxygen atoms in total. The highest BCUT2D eigenvalue weighted by molar-refractivity contribution is 6.09. The van der Waals surface area contributed by atoms with Crippen molar-refractivity contribution in [3.05, 3.63) is 83.4 Å². The Labute approximate surface area is 175 Å². The molecule has 30 heavy (non-hydrogen) atoms. The highest BCUT2D eigenvalue weighted by Crippen LogP contribution is 2.35. The van der Waals surface area contributed by atoms with Crippen molar-refractivity contribution in [3.63, 3.8) is 0 Å². The van der Waals surface area contributed by atoms with Crippen LogP contribution >= 0.6 is 0 Å². The zero-order chi connectivity index (χ0) is 21.1. The van der Waals surface area contributed by atoms with Crippen molar-refractivity contribution in [2.75, 3.05) is 0 Å². The Bertz CT molecular complexity index is 1250. The lowest BCUT2D eigenvalue weighted by atomic mass is 9.94. The van der Waals surface area contributed by atoms with Crippen LogP contribution in [0.25, 0.3) is 32.7 Å². The number of rotatable bonds is 6. The number of aryl methyl sites for hydroxylation is 1. The van der Waals surface area contributed by atoms with Crippen molar-refractivity contribution >= 4 is 21.5 Å². The number of halogens is 2. The lowest BCUT2D eigenvalue weighted by molar-refractivity contribution is 0.598. The van der Waals surface area contributed by atoms with Crippen molar-refractivity contribution in [2.24, 2.45) is 0 Å². The van der Waals surface area contributed by atoms with Gasteiger partial charge in [-0.2, -0.15) is 5.26 Å². The van der Waals surface area contributed by atoms with E-state index in [4.69, 9.17) is 5.26 Å². The van der Waals surface area contributed by atoms with Crippen molar-refractivity contribution in [1.29, 1.82) is 5.26 Å². The summed E-state index contributed by atoms with van der Waals surface area (Å²) < 4.78 is 30.3. The Kier molecular flexibility index (Phi) is 5.77. The van der Waals surface area contributed by atoms with Crippen LogP contribution in [0, 0.1) is 23.0 Å². The van der Waals surface area contributed by atoms with E-state index in [1.54, 1.807) is 30.3 Å². The van der Waals surface area contributed by atoms with E-state index >= 15 is 4.39 Å². The molecule has 0 fully saturated rings. The molecule has 0 amide bonds. The van der Waals surface area contributed by atoms with Gasteiger partial charge in [-0.25, -0.2) is 8.78 Å². The van der Waals surface area contributed by atoms with Gasteiger partial charge in [0.25, 0.3) is 0 Å². The van der Waals surface area contributed by atoms with Gasteiger partial charge < -0.3 is 0 Å². The molecule has 150 valence electrons.